The lowest BCUT2D eigenvalue weighted by Gasteiger charge is -2.09. The van der Waals surface area contributed by atoms with Crippen molar-refractivity contribution in [2.24, 2.45) is 11.7 Å². The minimum Gasteiger partial charge on any atom is -0.497 e. The summed E-state index contributed by atoms with van der Waals surface area (Å²) in [6, 6.07) is 7.39. The van der Waals surface area contributed by atoms with Crippen LogP contribution in [0.3, 0.4) is 0 Å². The molecule has 1 aromatic carbocycles. The molecular formula is C15H17N5O3. The SMILES string of the molecule is COc1ccc(Cn2nnc(C(N)=O)c2NC(=O)C2CC2)cc1. The van der Waals surface area contributed by atoms with Crippen molar-refractivity contribution >= 4 is 17.6 Å². The van der Waals surface area contributed by atoms with E-state index in [1.165, 1.54) is 4.68 Å². The summed E-state index contributed by atoms with van der Waals surface area (Å²) in [7, 11) is 1.59. The molecule has 1 aromatic heterocycles. The number of carbonyl (C=O) groups excluding carboxylic acids is 2. The number of methoxy groups -OCH3 is 1. The van der Waals surface area contributed by atoms with E-state index in [1.807, 2.05) is 24.3 Å². The van der Waals surface area contributed by atoms with Crippen LogP contribution in [0.5, 0.6) is 5.75 Å². The maximum Gasteiger partial charge on any atom is 0.273 e. The van der Waals surface area contributed by atoms with Crippen molar-refractivity contribution in [3.8, 4) is 5.75 Å². The van der Waals surface area contributed by atoms with Crippen molar-refractivity contribution in [2.45, 2.75) is 19.4 Å². The van der Waals surface area contributed by atoms with Crippen molar-refractivity contribution in [3.63, 3.8) is 0 Å². The number of aromatic nitrogens is 3. The molecule has 120 valence electrons. The van der Waals surface area contributed by atoms with Crippen molar-refractivity contribution in [2.75, 3.05) is 12.4 Å². The number of nitrogens with one attached hydrogen (secondary N) is 1. The van der Waals surface area contributed by atoms with Gasteiger partial charge in [0.25, 0.3) is 5.91 Å². The second-order valence-corrected chi connectivity index (χ2v) is 5.42. The summed E-state index contributed by atoms with van der Waals surface area (Å²) in [5.41, 5.74) is 6.19. The molecule has 2 amide bonds. The van der Waals surface area contributed by atoms with Crippen LogP contribution in [0.1, 0.15) is 28.9 Å². The molecule has 0 saturated heterocycles. The average Bonchev–Trinajstić information content (AvgIpc) is 3.32. The number of benzene rings is 1. The fourth-order valence-corrected chi connectivity index (χ4v) is 2.18. The fourth-order valence-electron chi connectivity index (χ4n) is 2.18. The first-order valence-electron chi connectivity index (χ1n) is 7.25. The Kier molecular flexibility index (Phi) is 3.96. The molecule has 0 bridgehead atoms. The summed E-state index contributed by atoms with van der Waals surface area (Å²) in [6.45, 7) is 0.352. The predicted molar refractivity (Wildman–Crippen MR) is 82.0 cm³/mol. The number of hydrogen-bond donors (Lipinski definition) is 2. The Bertz CT molecular complexity index is 734. The summed E-state index contributed by atoms with van der Waals surface area (Å²) in [6.07, 6.45) is 1.72. The second-order valence-electron chi connectivity index (χ2n) is 5.42. The molecule has 23 heavy (non-hydrogen) atoms. The highest BCUT2D eigenvalue weighted by atomic mass is 16.5. The van der Waals surface area contributed by atoms with Crippen LogP contribution in [-0.2, 0) is 11.3 Å². The van der Waals surface area contributed by atoms with Gasteiger partial charge in [0.15, 0.2) is 11.5 Å². The molecule has 1 aliphatic carbocycles. The topological polar surface area (TPSA) is 112 Å². The van der Waals surface area contributed by atoms with E-state index in [0.717, 1.165) is 24.2 Å². The van der Waals surface area contributed by atoms with E-state index in [4.69, 9.17) is 10.5 Å². The molecule has 0 aliphatic heterocycles. The van der Waals surface area contributed by atoms with Crippen LogP contribution in [0.4, 0.5) is 5.82 Å². The third-order valence-electron chi connectivity index (χ3n) is 3.65. The van der Waals surface area contributed by atoms with Crippen LogP contribution < -0.4 is 15.8 Å². The number of carbonyl (C=O) groups is 2. The maximum absolute atomic E-state index is 12.0. The van der Waals surface area contributed by atoms with Crippen LogP contribution in [0.15, 0.2) is 24.3 Å². The molecule has 1 aliphatic rings. The van der Waals surface area contributed by atoms with Gasteiger partial charge in [0, 0.05) is 5.92 Å². The second kappa shape index (κ2) is 6.07. The summed E-state index contributed by atoms with van der Waals surface area (Å²) in [5, 5.41) is 10.4. The number of rotatable bonds is 6. The third-order valence-corrected chi connectivity index (χ3v) is 3.65. The first-order valence-corrected chi connectivity index (χ1v) is 7.25. The zero-order chi connectivity index (χ0) is 16.4. The fraction of sp³-hybridized carbons (Fsp3) is 0.333. The quantitative estimate of drug-likeness (QED) is 0.818. The zero-order valence-electron chi connectivity index (χ0n) is 12.7. The standard InChI is InChI=1S/C15H17N5O3/c1-23-11-6-2-9(3-7-11)8-20-14(12(13(16)21)18-19-20)17-15(22)10-4-5-10/h2-3,6-7,10H,4-5,8H2,1H3,(H2,16,21)(H,17,22). The maximum atomic E-state index is 12.0. The molecule has 1 saturated carbocycles. The number of amides is 2. The monoisotopic (exact) mass is 315 g/mol. The van der Waals surface area contributed by atoms with E-state index in [-0.39, 0.29) is 23.3 Å². The van der Waals surface area contributed by atoms with Gasteiger partial charge in [0.1, 0.15) is 5.75 Å². The Morgan fingerprint density at radius 2 is 2.04 bits per heavy atom. The highest BCUT2D eigenvalue weighted by Gasteiger charge is 2.31. The van der Waals surface area contributed by atoms with Crippen LogP contribution in [0.25, 0.3) is 0 Å². The first kappa shape index (κ1) is 15.0. The van der Waals surface area contributed by atoms with Crippen LogP contribution >= 0.6 is 0 Å². The van der Waals surface area contributed by atoms with Crippen molar-refractivity contribution in [1.82, 2.24) is 15.0 Å². The Morgan fingerprint density at radius 3 is 2.61 bits per heavy atom. The minimum absolute atomic E-state index is 0.0000583. The summed E-state index contributed by atoms with van der Waals surface area (Å²) >= 11 is 0. The largest absolute Gasteiger partial charge is 0.497 e. The number of nitrogens with two attached hydrogens (primary N) is 1. The van der Waals surface area contributed by atoms with Crippen LogP contribution in [0, 0.1) is 5.92 Å². The molecule has 2 aromatic rings. The molecule has 0 atom stereocenters. The molecule has 0 spiro atoms. The Balaban J connectivity index is 1.84. The summed E-state index contributed by atoms with van der Waals surface area (Å²) in [4.78, 5) is 23.5. The summed E-state index contributed by atoms with van der Waals surface area (Å²) < 4.78 is 6.57. The van der Waals surface area contributed by atoms with Gasteiger partial charge in [-0.3, -0.25) is 9.59 Å². The van der Waals surface area contributed by atoms with Crippen molar-refractivity contribution < 1.29 is 14.3 Å². The number of primary amides is 1. The van der Waals surface area contributed by atoms with Gasteiger partial charge in [-0.15, -0.1) is 5.10 Å². The smallest absolute Gasteiger partial charge is 0.273 e. The highest BCUT2D eigenvalue weighted by molar-refractivity contribution is 6.01. The lowest BCUT2D eigenvalue weighted by molar-refractivity contribution is -0.117. The van der Waals surface area contributed by atoms with Crippen LogP contribution in [0.2, 0.25) is 0 Å². The Morgan fingerprint density at radius 1 is 1.35 bits per heavy atom. The normalized spacial score (nSPS) is 13.6. The van der Waals surface area contributed by atoms with Crippen molar-refractivity contribution in [3.05, 3.63) is 35.5 Å². The van der Waals surface area contributed by atoms with Gasteiger partial charge in [-0.05, 0) is 30.5 Å². The lowest BCUT2D eigenvalue weighted by Crippen LogP contribution is -2.21. The Hall–Kier alpha value is -2.90. The number of hydrogen-bond acceptors (Lipinski definition) is 5. The molecule has 0 unspecified atom stereocenters. The van der Waals surface area contributed by atoms with Gasteiger partial charge in [-0.2, -0.15) is 0 Å². The van der Waals surface area contributed by atoms with E-state index in [0.29, 0.717) is 6.54 Å². The van der Waals surface area contributed by atoms with E-state index in [2.05, 4.69) is 15.6 Å². The molecule has 1 heterocycles. The molecule has 0 radical (unpaired) electrons. The summed E-state index contributed by atoms with van der Waals surface area (Å²) in [5.74, 6) is 0.126. The number of ether oxygens (including phenoxy) is 1. The van der Waals surface area contributed by atoms with E-state index in [1.54, 1.807) is 7.11 Å². The van der Waals surface area contributed by atoms with Gasteiger partial charge in [-0.1, -0.05) is 17.3 Å². The predicted octanol–water partition coefficient (Wildman–Crippen LogP) is 0.782. The highest BCUT2D eigenvalue weighted by Crippen LogP contribution is 2.30. The van der Waals surface area contributed by atoms with Crippen LogP contribution in [-0.4, -0.2) is 33.9 Å². The van der Waals surface area contributed by atoms with Crippen molar-refractivity contribution in [1.29, 1.82) is 0 Å². The van der Waals surface area contributed by atoms with E-state index in [9.17, 15) is 9.59 Å². The zero-order valence-corrected chi connectivity index (χ0v) is 12.7. The molecule has 8 nitrogen and oxygen atoms in total. The first-order chi connectivity index (χ1) is 11.1. The van der Waals surface area contributed by atoms with Gasteiger partial charge < -0.3 is 15.8 Å². The van der Waals surface area contributed by atoms with E-state index < -0.39 is 5.91 Å². The molecule has 8 heteroatoms. The van der Waals surface area contributed by atoms with Gasteiger partial charge in [0.2, 0.25) is 5.91 Å². The number of anilines is 1. The Labute approximate surface area is 132 Å². The molecule has 3 N–H and O–H groups in total. The van der Waals surface area contributed by atoms with Gasteiger partial charge >= 0.3 is 0 Å². The average molecular weight is 315 g/mol. The molecule has 1 fully saturated rings. The third kappa shape index (κ3) is 3.31. The minimum atomic E-state index is -0.725. The van der Waals surface area contributed by atoms with Gasteiger partial charge in [0.05, 0.1) is 13.7 Å². The van der Waals surface area contributed by atoms with E-state index >= 15 is 0 Å². The lowest BCUT2D eigenvalue weighted by atomic mass is 10.2. The molecule has 3 rings (SSSR count). The number of nitrogens with zero attached hydrogens (tertiary/aromatic N) is 3. The molecular weight excluding hydrogens is 298 g/mol. The van der Waals surface area contributed by atoms with Gasteiger partial charge in [-0.25, -0.2) is 4.68 Å².